The zero-order valence-electron chi connectivity index (χ0n) is 8.95. The fourth-order valence-electron chi connectivity index (χ4n) is 1.72. The molecule has 4 heteroatoms. The molecule has 0 amide bonds. The molecule has 0 fully saturated rings. The Morgan fingerprint density at radius 1 is 1.44 bits per heavy atom. The van der Waals surface area contributed by atoms with Crippen molar-refractivity contribution in [1.29, 1.82) is 0 Å². The summed E-state index contributed by atoms with van der Waals surface area (Å²) in [4.78, 5) is 4.21. The summed E-state index contributed by atoms with van der Waals surface area (Å²) in [6, 6.07) is 4.95. The average molecular weight is 239 g/mol. The molecule has 0 bridgehead atoms. The molecule has 1 heterocycles. The Morgan fingerprint density at radius 2 is 2.25 bits per heavy atom. The maximum atomic E-state index is 13.6. The van der Waals surface area contributed by atoms with Crippen molar-refractivity contribution in [3.8, 4) is 5.69 Å². The maximum absolute atomic E-state index is 13.6. The summed E-state index contributed by atoms with van der Waals surface area (Å²) in [5.74, 6) is 0.781. The fraction of sp³-hybridized carbons (Fsp3) is 0.250. The SMILES string of the molecule is CCc1nccn1-c1cccc(F)c1CCl. The number of rotatable bonds is 3. The number of hydrogen-bond donors (Lipinski definition) is 0. The van der Waals surface area contributed by atoms with E-state index >= 15 is 0 Å². The maximum Gasteiger partial charge on any atom is 0.129 e. The van der Waals surface area contributed by atoms with Crippen LogP contribution in [0.5, 0.6) is 0 Å². The van der Waals surface area contributed by atoms with E-state index in [1.807, 2.05) is 23.8 Å². The molecule has 0 aliphatic heterocycles. The van der Waals surface area contributed by atoms with Gasteiger partial charge in [-0.1, -0.05) is 13.0 Å². The number of imidazole rings is 1. The molecule has 2 aromatic rings. The van der Waals surface area contributed by atoms with Gasteiger partial charge in [0.15, 0.2) is 0 Å². The van der Waals surface area contributed by atoms with Gasteiger partial charge in [0.25, 0.3) is 0 Å². The van der Waals surface area contributed by atoms with Crippen LogP contribution in [-0.2, 0) is 12.3 Å². The minimum atomic E-state index is -0.275. The highest BCUT2D eigenvalue weighted by atomic mass is 35.5. The lowest BCUT2D eigenvalue weighted by Crippen LogP contribution is -2.03. The molecule has 0 radical (unpaired) electrons. The van der Waals surface area contributed by atoms with Crippen molar-refractivity contribution in [2.75, 3.05) is 0 Å². The molecule has 16 heavy (non-hydrogen) atoms. The number of aryl methyl sites for hydroxylation is 1. The van der Waals surface area contributed by atoms with Crippen LogP contribution >= 0.6 is 11.6 Å². The highest BCUT2D eigenvalue weighted by Crippen LogP contribution is 2.21. The van der Waals surface area contributed by atoms with Gasteiger partial charge < -0.3 is 4.57 Å². The first-order chi connectivity index (χ1) is 7.77. The lowest BCUT2D eigenvalue weighted by atomic mass is 10.2. The van der Waals surface area contributed by atoms with Crippen molar-refractivity contribution in [2.24, 2.45) is 0 Å². The minimum absolute atomic E-state index is 0.156. The Morgan fingerprint density at radius 3 is 2.94 bits per heavy atom. The van der Waals surface area contributed by atoms with E-state index in [2.05, 4.69) is 4.98 Å². The zero-order chi connectivity index (χ0) is 11.5. The first-order valence-corrected chi connectivity index (χ1v) is 5.67. The molecule has 2 nitrogen and oxygen atoms in total. The Hall–Kier alpha value is -1.35. The Kier molecular flexibility index (Phi) is 3.25. The summed E-state index contributed by atoms with van der Waals surface area (Å²) in [6.07, 6.45) is 4.33. The molecule has 1 aromatic carbocycles. The first kappa shape index (κ1) is 11.1. The van der Waals surface area contributed by atoms with Crippen molar-refractivity contribution in [2.45, 2.75) is 19.2 Å². The largest absolute Gasteiger partial charge is 0.303 e. The number of aromatic nitrogens is 2. The molecule has 1 aromatic heterocycles. The van der Waals surface area contributed by atoms with Gasteiger partial charge in [-0.25, -0.2) is 9.37 Å². The van der Waals surface area contributed by atoms with Crippen LogP contribution in [0.2, 0.25) is 0 Å². The van der Waals surface area contributed by atoms with Crippen molar-refractivity contribution < 1.29 is 4.39 Å². The molecule has 0 unspecified atom stereocenters. The van der Waals surface area contributed by atoms with E-state index in [9.17, 15) is 4.39 Å². The summed E-state index contributed by atoms with van der Waals surface area (Å²) in [6.45, 7) is 2.01. The smallest absolute Gasteiger partial charge is 0.129 e. The van der Waals surface area contributed by atoms with Crippen LogP contribution in [0, 0.1) is 5.82 Å². The molecule has 0 aliphatic carbocycles. The average Bonchev–Trinajstić information content (AvgIpc) is 2.76. The number of benzene rings is 1. The van der Waals surface area contributed by atoms with Crippen LogP contribution in [-0.4, -0.2) is 9.55 Å². The number of alkyl halides is 1. The third-order valence-electron chi connectivity index (χ3n) is 2.52. The predicted octanol–water partition coefficient (Wildman–Crippen LogP) is 3.31. The van der Waals surface area contributed by atoms with Crippen LogP contribution in [0.25, 0.3) is 5.69 Å². The van der Waals surface area contributed by atoms with Gasteiger partial charge in [0.05, 0.1) is 11.6 Å². The fourth-order valence-corrected chi connectivity index (χ4v) is 1.99. The van der Waals surface area contributed by atoms with Gasteiger partial charge in [-0.3, -0.25) is 0 Å². The Balaban J connectivity index is 2.60. The Bertz CT molecular complexity index is 494. The summed E-state index contributed by atoms with van der Waals surface area (Å²) in [5, 5.41) is 0. The molecular formula is C12H12ClFN2. The summed E-state index contributed by atoms with van der Waals surface area (Å²) in [5.41, 5.74) is 1.28. The highest BCUT2D eigenvalue weighted by molar-refractivity contribution is 6.17. The van der Waals surface area contributed by atoms with Crippen LogP contribution < -0.4 is 0 Å². The lowest BCUT2D eigenvalue weighted by molar-refractivity contribution is 0.614. The van der Waals surface area contributed by atoms with Gasteiger partial charge in [-0.2, -0.15) is 0 Å². The summed E-state index contributed by atoms with van der Waals surface area (Å²) in [7, 11) is 0. The van der Waals surface area contributed by atoms with Gasteiger partial charge in [0.2, 0.25) is 0 Å². The third kappa shape index (κ3) is 1.83. The highest BCUT2D eigenvalue weighted by Gasteiger charge is 2.11. The molecule has 0 atom stereocenters. The van der Waals surface area contributed by atoms with E-state index in [0.29, 0.717) is 5.56 Å². The van der Waals surface area contributed by atoms with Crippen molar-refractivity contribution >= 4 is 11.6 Å². The van der Waals surface area contributed by atoms with Gasteiger partial charge in [0, 0.05) is 24.4 Å². The second kappa shape index (κ2) is 4.66. The third-order valence-corrected chi connectivity index (χ3v) is 2.79. The van der Waals surface area contributed by atoms with E-state index in [0.717, 1.165) is 17.9 Å². The number of nitrogens with zero attached hydrogens (tertiary/aromatic N) is 2. The molecule has 0 spiro atoms. The number of hydrogen-bond acceptors (Lipinski definition) is 1. The van der Waals surface area contributed by atoms with E-state index < -0.39 is 0 Å². The Labute approximate surface area is 98.7 Å². The zero-order valence-corrected chi connectivity index (χ0v) is 9.71. The predicted molar refractivity (Wildman–Crippen MR) is 62.5 cm³/mol. The molecule has 0 saturated heterocycles. The quantitative estimate of drug-likeness (QED) is 0.751. The molecule has 2 rings (SSSR count). The monoisotopic (exact) mass is 238 g/mol. The van der Waals surface area contributed by atoms with E-state index in [-0.39, 0.29) is 11.7 Å². The standard InChI is InChI=1S/C12H12ClFN2/c1-2-12-15-6-7-16(12)11-5-3-4-10(14)9(11)8-13/h3-7H,2,8H2,1H3. The molecular weight excluding hydrogens is 227 g/mol. The second-order valence-corrected chi connectivity index (χ2v) is 3.71. The van der Waals surface area contributed by atoms with Gasteiger partial charge in [0.1, 0.15) is 11.6 Å². The molecule has 0 aliphatic rings. The van der Waals surface area contributed by atoms with E-state index in [1.54, 1.807) is 12.3 Å². The van der Waals surface area contributed by atoms with Crippen LogP contribution in [0.4, 0.5) is 4.39 Å². The lowest BCUT2D eigenvalue weighted by Gasteiger charge is -2.11. The van der Waals surface area contributed by atoms with Gasteiger partial charge >= 0.3 is 0 Å². The first-order valence-electron chi connectivity index (χ1n) is 5.14. The minimum Gasteiger partial charge on any atom is -0.303 e. The van der Waals surface area contributed by atoms with Crippen LogP contribution in [0.15, 0.2) is 30.6 Å². The normalized spacial score (nSPS) is 10.7. The molecule has 0 saturated carbocycles. The topological polar surface area (TPSA) is 17.8 Å². The molecule has 84 valence electrons. The second-order valence-electron chi connectivity index (χ2n) is 3.44. The van der Waals surface area contributed by atoms with Gasteiger partial charge in [-0.05, 0) is 12.1 Å². The van der Waals surface area contributed by atoms with Crippen LogP contribution in [0.3, 0.4) is 0 Å². The van der Waals surface area contributed by atoms with Crippen molar-refractivity contribution in [3.63, 3.8) is 0 Å². The summed E-state index contributed by atoms with van der Waals surface area (Å²) < 4.78 is 15.4. The van der Waals surface area contributed by atoms with E-state index in [4.69, 9.17) is 11.6 Å². The van der Waals surface area contributed by atoms with Crippen LogP contribution in [0.1, 0.15) is 18.3 Å². The van der Waals surface area contributed by atoms with Crippen molar-refractivity contribution in [1.82, 2.24) is 9.55 Å². The van der Waals surface area contributed by atoms with Gasteiger partial charge in [-0.15, -0.1) is 11.6 Å². The van der Waals surface area contributed by atoms with Crippen molar-refractivity contribution in [3.05, 3.63) is 47.8 Å². The number of halogens is 2. The molecule has 0 N–H and O–H groups in total. The van der Waals surface area contributed by atoms with E-state index in [1.165, 1.54) is 6.07 Å². The summed E-state index contributed by atoms with van der Waals surface area (Å²) >= 11 is 5.78.